The van der Waals surface area contributed by atoms with Crippen LogP contribution < -0.4 is 16.0 Å². The summed E-state index contributed by atoms with van der Waals surface area (Å²) in [4.78, 5) is 1.19. The molecule has 1 atom stereocenters. The van der Waals surface area contributed by atoms with Gasteiger partial charge in [-0.05, 0) is 43.0 Å². The third-order valence-corrected chi connectivity index (χ3v) is 3.49. The van der Waals surface area contributed by atoms with E-state index in [0.29, 0.717) is 0 Å². The molecule has 4 heteroatoms. The highest BCUT2D eigenvalue weighted by atomic mass is 32.1. The number of benzene rings is 1. The van der Waals surface area contributed by atoms with E-state index in [1.54, 1.807) is 11.3 Å². The van der Waals surface area contributed by atoms with Crippen LogP contribution in [-0.2, 0) is 0 Å². The lowest BCUT2D eigenvalue weighted by Crippen LogP contribution is -2.28. The molecule has 0 aliphatic rings. The molecule has 0 fully saturated rings. The van der Waals surface area contributed by atoms with Gasteiger partial charge in [0, 0.05) is 4.88 Å². The van der Waals surface area contributed by atoms with Crippen LogP contribution >= 0.6 is 11.3 Å². The van der Waals surface area contributed by atoms with Gasteiger partial charge in [0.25, 0.3) is 0 Å². The molecule has 2 aromatic rings. The number of hydrazine groups is 1. The maximum Gasteiger partial charge on any atom is 0.120 e. The Hall–Kier alpha value is -1.36. The van der Waals surface area contributed by atoms with Crippen LogP contribution in [0.25, 0.3) is 0 Å². The SMILES string of the molecule is CC(C)Oc1cccc(C(NN)c2cccs2)c1. The van der Waals surface area contributed by atoms with E-state index in [-0.39, 0.29) is 12.1 Å². The van der Waals surface area contributed by atoms with Gasteiger partial charge in [-0.1, -0.05) is 18.2 Å². The molecule has 1 unspecified atom stereocenters. The van der Waals surface area contributed by atoms with Crippen molar-refractivity contribution in [3.8, 4) is 5.75 Å². The van der Waals surface area contributed by atoms with Gasteiger partial charge in [-0.3, -0.25) is 5.84 Å². The Labute approximate surface area is 112 Å². The van der Waals surface area contributed by atoms with Gasteiger partial charge in [-0.25, -0.2) is 5.43 Å². The zero-order valence-electron chi connectivity index (χ0n) is 10.6. The molecule has 0 saturated carbocycles. The third-order valence-electron chi connectivity index (χ3n) is 2.56. The molecule has 3 N–H and O–H groups in total. The maximum absolute atomic E-state index is 5.70. The van der Waals surface area contributed by atoms with E-state index >= 15 is 0 Å². The summed E-state index contributed by atoms with van der Waals surface area (Å²) in [5.74, 6) is 6.54. The van der Waals surface area contributed by atoms with E-state index in [1.165, 1.54) is 4.88 Å². The van der Waals surface area contributed by atoms with Crippen LogP contribution in [0.1, 0.15) is 30.3 Å². The van der Waals surface area contributed by atoms with Crippen LogP contribution in [0.4, 0.5) is 0 Å². The normalized spacial score (nSPS) is 12.7. The second kappa shape index (κ2) is 6.00. The average Bonchev–Trinajstić information content (AvgIpc) is 2.83. The minimum Gasteiger partial charge on any atom is -0.491 e. The van der Waals surface area contributed by atoms with Crippen LogP contribution in [-0.4, -0.2) is 6.10 Å². The lowest BCUT2D eigenvalue weighted by molar-refractivity contribution is 0.242. The fourth-order valence-corrected chi connectivity index (χ4v) is 2.65. The molecule has 0 aliphatic carbocycles. The first-order chi connectivity index (χ1) is 8.70. The molecule has 96 valence electrons. The number of hydrogen-bond acceptors (Lipinski definition) is 4. The lowest BCUT2D eigenvalue weighted by atomic mass is 10.1. The second-order valence-corrected chi connectivity index (χ2v) is 5.33. The molecule has 0 spiro atoms. The highest BCUT2D eigenvalue weighted by Crippen LogP contribution is 2.27. The summed E-state index contributed by atoms with van der Waals surface area (Å²) in [6.07, 6.45) is 0.172. The van der Waals surface area contributed by atoms with Crippen LogP contribution in [0.3, 0.4) is 0 Å². The Morgan fingerprint density at radius 1 is 1.22 bits per heavy atom. The molecule has 0 amide bonds. The van der Waals surface area contributed by atoms with Gasteiger partial charge >= 0.3 is 0 Å². The van der Waals surface area contributed by atoms with Crippen molar-refractivity contribution in [3.05, 3.63) is 52.2 Å². The smallest absolute Gasteiger partial charge is 0.120 e. The Morgan fingerprint density at radius 3 is 2.67 bits per heavy atom. The molecule has 2 rings (SSSR count). The van der Waals surface area contributed by atoms with Crippen molar-refractivity contribution >= 4 is 11.3 Å². The molecule has 0 radical (unpaired) electrons. The standard InChI is InChI=1S/C14H18N2OS/c1-10(2)17-12-6-3-5-11(9-12)14(16-15)13-7-4-8-18-13/h3-10,14,16H,15H2,1-2H3. The Morgan fingerprint density at radius 2 is 2.06 bits per heavy atom. The summed E-state index contributed by atoms with van der Waals surface area (Å²) >= 11 is 1.69. The van der Waals surface area contributed by atoms with Crippen molar-refractivity contribution in [2.75, 3.05) is 0 Å². The summed E-state index contributed by atoms with van der Waals surface area (Å²) in [6.45, 7) is 4.04. The van der Waals surface area contributed by atoms with Gasteiger partial charge in [0.1, 0.15) is 5.75 Å². The highest BCUT2D eigenvalue weighted by molar-refractivity contribution is 7.10. The van der Waals surface area contributed by atoms with Gasteiger partial charge in [-0.2, -0.15) is 0 Å². The largest absolute Gasteiger partial charge is 0.491 e. The summed E-state index contributed by atoms with van der Waals surface area (Å²) in [5.41, 5.74) is 3.97. The number of nitrogens with two attached hydrogens (primary N) is 1. The quantitative estimate of drug-likeness (QED) is 0.643. The number of hydrogen-bond donors (Lipinski definition) is 2. The molecule has 1 heterocycles. The monoisotopic (exact) mass is 262 g/mol. The summed E-state index contributed by atoms with van der Waals surface area (Å²) in [7, 11) is 0. The predicted molar refractivity (Wildman–Crippen MR) is 75.7 cm³/mol. The number of thiophene rings is 1. The topological polar surface area (TPSA) is 47.3 Å². The van der Waals surface area contributed by atoms with Crippen LogP contribution in [0.15, 0.2) is 41.8 Å². The van der Waals surface area contributed by atoms with Crippen molar-refractivity contribution in [3.63, 3.8) is 0 Å². The molecule has 1 aromatic carbocycles. The zero-order valence-corrected chi connectivity index (χ0v) is 11.4. The maximum atomic E-state index is 5.70. The van der Waals surface area contributed by atoms with Crippen LogP contribution in [0.2, 0.25) is 0 Å². The first-order valence-corrected chi connectivity index (χ1v) is 6.85. The van der Waals surface area contributed by atoms with Gasteiger partial charge < -0.3 is 4.74 Å². The number of ether oxygens (including phenoxy) is 1. The lowest BCUT2D eigenvalue weighted by Gasteiger charge is -2.17. The van der Waals surface area contributed by atoms with Gasteiger partial charge in [-0.15, -0.1) is 11.3 Å². The fourth-order valence-electron chi connectivity index (χ4n) is 1.84. The zero-order chi connectivity index (χ0) is 13.0. The molecule has 3 nitrogen and oxygen atoms in total. The summed E-state index contributed by atoms with van der Waals surface area (Å²) in [5, 5.41) is 2.05. The van der Waals surface area contributed by atoms with Gasteiger partial charge in [0.05, 0.1) is 12.1 Å². The van der Waals surface area contributed by atoms with Gasteiger partial charge in [0.2, 0.25) is 0 Å². The number of nitrogens with one attached hydrogen (secondary N) is 1. The number of rotatable bonds is 5. The second-order valence-electron chi connectivity index (χ2n) is 4.35. The Kier molecular flexibility index (Phi) is 4.36. The average molecular weight is 262 g/mol. The van der Waals surface area contributed by atoms with E-state index in [4.69, 9.17) is 10.6 Å². The first-order valence-electron chi connectivity index (χ1n) is 5.97. The Balaban J connectivity index is 2.26. The molecule has 0 aliphatic heterocycles. The first kappa shape index (κ1) is 13.1. The molecule has 18 heavy (non-hydrogen) atoms. The van der Waals surface area contributed by atoms with Crippen LogP contribution in [0.5, 0.6) is 5.75 Å². The molecule has 1 aromatic heterocycles. The molecule has 0 saturated heterocycles. The van der Waals surface area contributed by atoms with Crippen LogP contribution in [0, 0.1) is 0 Å². The van der Waals surface area contributed by atoms with Crippen molar-refractivity contribution in [1.29, 1.82) is 0 Å². The van der Waals surface area contributed by atoms with Crippen molar-refractivity contribution in [1.82, 2.24) is 5.43 Å². The third kappa shape index (κ3) is 3.10. The fraction of sp³-hybridized carbons (Fsp3) is 0.286. The predicted octanol–water partition coefficient (Wildman–Crippen LogP) is 3.09. The minimum atomic E-state index is 0.0145. The molecule has 0 bridgehead atoms. The minimum absolute atomic E-state index is 0.0145. The summed E-state index contributed by atoms with van der Waals surface area (Å²) < 4.78 is 5.70. The van der Waals surface area contributed by atoms with E-state index in [1.807, 2.05) is 43.5 Å². The summed E-state index contributed by atoms with van der Waals surface area (Å²) in [6, 6.07) is 12.2. The van der Waals surface area contributed by atoms with Gasteiger partial charge in [0.15, 0.2) is 0 Å². The highest BCUT2D eigenvalue weighted by Gasteiger charge is 2.14. The van der Waals surface area contributed by atoms with E-state index < -0.39 is 0 Å². The molecular formula is C14H18N2OS. The molecular weight excluding hydrogens is 244 g/mol. The van der Waals surface area contributed by atoms with E-state index in [9.17, 15) is 0 Å². The van der Waals surface area contributed by atoms with E-state index in [2.05, 4.69) is 17.6 Å². The van der Waals surface area contributed by atoms with Crippen molar-refractivity contribution in [2.45, 2.75) is 26.0 Å². The van der Waals surface area contributed by atoms with Crippen molar-refractivity contribution in [2.24, 2.45) is 5.84 Å². The Bertz CT molecular complexity index is 482. The van der Waals surface area contributed by atoms with E-state index in [0.717, 1.165) is 11.3 Å². The van der Waals surface area contributed by atoms with Crippen molar-refractivity contribution < 1.29 is 4.74 Å².